The van der Waals surface area contributed by atoms with Gasteiger partial charge in [-0.2, -0.15) is 13.2 Å². The fourth-order valence-corrected chi connectivity index (χ4v) is 4.78. The molecular weight excluding hydrogens is 421 g/mol. The van der Waals surface area contributed by atoms with Crippen LogP contribution in [0.5, 0.6) is 11.5 Å². The predicted octanol–water partition coefficient (Wildman–Crippen LogP) is 4.34. The summed E-state index contributed by atoms with van der Waals surface area (Å²) in [5.41, 5.74) is 0.337. The first-order valence-electron chi connectivity index (χ1n) is 10.7. The second kappa shape index (κ2) is 8.65. The summed E-state index contributed by atoms with van der Waals surface area (Å²) in [4.78, 5) is 14.9. The number of phenols is 1. The molecule has 1 aliphatic carbocycles. The number of rotatable bonds is 6. The number of phenolic OH excluding ortho intramolecular Hbond substituents is 1. The molecule has 1 heterocycles. The Balaban J connectivity index is 1.28. The van der Waals surface area contributed by atoms with E-state index in [-0.39, 0.29) is 35.1 Å². The van der Waals surface area contributed by atoms with Crippen LogP contribution in [0.15, 0.2) is 42.5 Å². The number of piperidine rings is 1. The molecule has 1 saturated carbocycles. The number of nitrogens with one attached hydrogen (secondary N) is 1. The molecule has 1 atom stereocenters. The van der Waals surface area contributed by atoms with Gasteiger partial charge in [0.15, 0.2) is 11.5 Å². The van der Waals surface area contributed by atoms with Gasteiger partial charge >= 0.3 is 6.18 Å². The van der Waals surface area contributed by atoms with Crippen molar-refractivity contribution in [1.82, 2.24) is 10.2 Å². The first kappa shape index (κ1) is 22.5. The molecule has 2 N–H and O–H groups in total. The van der Waals surface area contributed by atoms with Gasteiger partial charge in [-0.25, -0.2) is 0 Å². The van der Waals surface area contributed by atoms with E-state index in [2.05, 4.69) is 10.2 Å². The van der Waals surface area contributed by atoms with E-state index in [1.54, 1.807) is 18.2 Å². The number of carbonyl (C=O) groups excluding carboxylic acids is 1. The molecule has 0 bridgehead atoms. The summed E-state index contributed by atoms with van der Waals surface area (Å²) < 4.78 is 44.5. The van der Waals surface area contributed by atoms with Crippen LogP contribution in [0.2, 0.25) is 0 Å². The summed E-state index contributed by atoms with van der Waals surface area (Å²) in [6.45, 7) is 2.27. The van der Waals surface area contributed by atoms with Crippen LogP contribution in [-0.2, 0) is 24.1 Å². The number of likely N-dealkylation sites (tertiary alicyclic amines) is 1. The molecule has 2 aromatic carbocycles. The number of benzene rings is 2. The highest BCUT2D eigenvalue weighted by molar-refractivity contribution is 5.82. The molecule has 2 fully saturated rings. The summed E-state index contributed by atoms with van der Waals surface area (Å²) >= 11 is 0. The maximum Gasteiger partial charge on any atom is 0.416 e. The van der Waals surface area contributed by atoms with E-state index in [1.165, 1.54) is 19.2 Å². The third kappa shape index (κ3) is 4.70. The van der Waals surface area contributed by atoms with E-state index in [9.17, 15) is 23.1 Å². The van der Waals surface area contributed by atoms with Gasteiger partial charge in [-0.3, -0.25) is 9.69 Å². The van der Waals surface area contributed by atoms with Crippen LogP contribution in [0, 0.1) is 11.3 Å². The molecule has 8 heteroatoms. The zero-order valence-electron chi connectivity index (χ0n) is 17.9. The number of amides is 1. The molecule has 1 spiro atoms. The van der Waals surface area contributed by atoms with E-state index >= 15 is 0 Å². The second-order valence-corrected chi connectivity index (χ2v) is 8.77. The quantitative estimate of drug-likeness (QED) is 0.690. The van der Waals surface area contributed by atoms with Crippen LogP contribution < -0.4 is 10.1 Å². The summed E-state index contributed by atoms with van der Waals surface area (Å²) in [5, 5.41) is 12.7. The molecule has 2 aromatic rings. The van der Waals surface area contributed by atoms with Crippen molar-refractivity contribution in [1.29, 1.82) is 0 Å². The number of carbonyl (C=O) groups is 1. The molecule has 1 aliphatic heterocycles. The van der Waals surface area contributed by atoms with Crippen molar-refractivity contribution >= 4 is 5.91 Å². The van der Waals surface area contributed by atoms with Gasteiger partial charge < -0.3 is 15.2 Å². The van der Waals surface area contributed by atoms with E-state index in [1.807, 2.05) is 6.07 Å². The second-order valence-electron chi connectivity index (χ2n) is 8.77. The Morgan fingerprint density at radius 2 is 1.94 bits per heavy atom. The fourth-order valence-electron chi connectivity index (χ4n) is 4.78. The number of alkyl halides is 3. The minimum absolute atomic E-state index is 0.0355. The zero-order chi connectivity index (χ0) is 22.9. The lowest BCUT2D eigenvalue weighted by Crippen LogP contribution is -2.36. The summed E-state index contributed by atoms with van der Waals surface area (Å²) in [6, 6.07) is 10.7. The molecule has 32 heavy (non-hydrogen) atoms. The number of aromatic hydroxyl groups is 1. The molecule has 0 aromatic heterocycles. The van der Waals surface area contributed by atoms with E-state index < -0.39 is 11.7 Å². The zero-order valence-corrected chi connectivity index (χ0v) is 17.9. The van der Waals surface area contributed by atoms with Gasteiger partial charge in [0.1, 0.15) is 0 Å². The number of halogens is 3. The van der Waals surface area contributed by atoms with Gasteiger partial charge in [-0.1, -0.05) is 24.3 Å². The SMILES string of the molecule is COc1ccc(CN2CCC3(CC2)CC3C(=O)NCc2ccccc2C(F)(F)F)cc1O. The van der Waals surface area contributed by atoms with Crippen molar-refractivity contribution in [2.45, 2.75) is 38.5 Å². The highest BCUT2D eigenvalue weighted by Gasteiger charge is 2.58. The summed E-state index contributed by atoms with van der Waals surface area (Å²) in [5.74, 6) is 0.267. The van der Waals surface area contributed by atoms with Crippen molar-refractivity contribution in [3.05, 3.63) is 59.2 Å². The largest absolute Gasteiger partial charge is 0.504 e. The third-order valence-corrected chi connectivity index (χ3v) is 6.78. The number of nitrogens with zero attached hydrogens (tertiary/aromatic N) is 1. The van der Waals surface area contributed by atoms with Crippen LogP contribution in [0.25, 0.3) is 0 Å². The number of hydrogen-bond donors (Lipinski definition) is 2. The summed E-state index contributed by atoms with van der Waals surface area (Å²) in [7, 11) is 1.51. The van der Waals surface area contributed by atoms with E-state index in [0.717, 1.165) is 44.0 Å². The van der Waals surface area contributed by atoms with Crippen LogP contribution in [0.3, 0.4) is 0 Å². The van der Waals surface area contributed by atoms with Crippen LogP contribution in [-0.4, -0.2) is 36.1 Å². The minimum atomic E-state index is -4.43. The number of methoxy groups -OCH3 is 1. The molecule has 5 nitrogen and oxygen atoms in total. The number of hydrogen-bond acceptors (Lipinski definition) is 4. The molecule has 1 amide bonds. The van der Waals surface area contributed by atoms with Crippen LogP contribution in [0.1, 0.15) is 36.0 Å². The predicted molar refractivity (Wildman–Crippen MR) is 113 cm³/mol. The van der Waals surface area contributed by atoms with Crippen molar-refractivity contribution in [2.24, 2.45) is 11.3 Å². The highest BCUT2D eigenvalue weighted by Crippen LogP contribution is 2.59. The standard InChI is InChI=1S/C24H27F3N2O3/c1-32-21-7-6-16(12-20(21)30)15-29-10-8-23(9-11-29)13-19(23)22(31)28-14-17-4-2-3-5-18(17)24(25,26)27/h2-7,12,19,30H,8-11,13-15H2,1H3,(H,28,31). The Morgan fingerprint density at radius 1 is 1.22 bits per heavy atom. The molecule has 1 saturated heterocycles. The van der Waals surface area contributed by atoms with Crippen molar-refractivity contribution < 1.29 is 27.8 Å². The Bertz CT molecular complexity index is 985. The average molecular weight is 448 g/mol. The first-order chi connectivity index (χ1) is 15.2. The molecule has 1 unspecified atom stereocenters. The average Bonchev–Trinajstić information content (AvgIpc) is 3.47. The Kier molecular flexibility index (Phi) is 6.07. The summed E-state index contributed by atoms with van der Waals surface area (Å²) in [6.07, 6.45) is -1.88. The maximum atomic E-state index is 13.1. The fraction of sp³-hybridized carbons (Fsp3) is 0.458. The van der Waals surface area contributed by atoms with Crippen molar-refractivity contribution in [2.75, 3.05) is 20.2 Å². The molecular formula is C24H27F3N2O3. The lowest BCUT2D eigenvalue weighted by Gasteiger charge is -2.33. The Morgan fingerprint density at radius 3 is 2.59 bits per heavy atom. The maximum absolute atomic E-state index is 13.1. The minimum Gasteiger partial charge on any atom is -0.504 e. The third-order valence-electron chi connectivity index (χ3n) is 6.78. The van der Waals surface area contributed by atoms with E-state index in [0.29, 0.717) is 12.3 Å². The van der Waals surface area contributed by atoms with Gasteiger partial charge in [0, 0.05) is 19.0 Å². The van der Waals surface area contributed by atoms with Crippen LogP contribution >= 0.6 is 0 Å². The van der Waals surface area contributed by atoms with Crippen molar-refractivity contribution in [3.8, 4) is 11.5 Å². The van der Waals surface area contributed by atoms with Gasteiger partial charge in [-0.15, -0.1) is 0 Å². The van der Waals surface area contributed by atoms with Gasteiger partial charge in [0.25, 0.3) is 0 Å². The molecule has 172 valence electrons. The number of ether oxygens (including phenoxy) is 1. The Labute approximate surface area is 185 Å². The van der Waals surface area contributed by atoms with Gasteiger partial charge in [0.2, 0.25) is 5.91 Å². The van der Waals surface area contributed by atoms with Crippen LogP contribution in [0.4, 0.5) is 13.2 Å². The smallest absolute Gasteiger partial charge is 0.416 e. The highest BCUT2D eigenvalue weighted by atomic mass is 19.4. The lowest BCUT2D eigenvalue weighted by molar-refractivity contribution is -0.138. The topological polar surface area (TPSA) is 61.8 Å². The van der Waals surface area contributed by atoms with Gasteiger partial charge in [0.05, 0.1) is 12.7 Å². The van der Waals surface area contributed by atoms with Gasteiger partial charge in [-0.05, 0) is 67.1 Å². The molecule has 4 rings (SSSR count). The van der Waals surface area contributed by atoms with E-state index in [4.69, 9.17) is 4.74 Å². The molecule has 0 radical (unpaired) electrons. The normalized spacial score (nSPS) is 20.2. The Hall–Kier alpha value is -2.74. The lowest BCUT2D eigenvalue weighted by atomic mass is 9.90. The molecule has 2 aliphatic rings. The monoisotopic (exact) mass is 448 g/mol. The first-order valence-corrected chi connectivity index (χ1v) is 10.7. The van der Waals surface area contributed by atoms with Crippen molar-refractivity contribution in [3.63, 3.8) is 0 Å².